The van der Waals surface area contributed by atoms with Gasteiger partial charge in [-0.15, -0.1) is 0 Å². The lowest BCUT2D eigenvalue weighted by Gasteiger charge is -2.37. The number of nitro groups is 1. The minimum Gasteiger partial charge on any atom is -0.454 e. The Morgan fingerprint density at radius 3 is 2.40 bits per heavy atom. The highest BCUT2D eigenvalue weighted by Gasteiger charge is 2.44. The second kappa shape index (κ2) is 8.42. The van der Waals surface area contributed by atoms with Crippen molar-refractivity contribution in [3.63, 3.8) is 0 Å². The fourth-order valence-corrected chi connectivity index (χ4v) is 3.42. The first-order valence-corrected chi connectivity index (χ1v) is 8.74. The minimum atomic E-state index is -5.06. The Kier molecular flexibility index (Phi) is 6.55. The third kappa shape index (κ3) is 4.78. The van der Waals surface area contributed by atoms with Gasteiger partial charge in [0, 0.05) is 12.6 Å². The summed E-state index contributed by atoms with van der Waals surface area (Å²) < 4.78 is 75.5. The van der Waals surface area contributed by atoms with Gasteiger partial charge in [-0.05, 0) is 38.0 Å². The van der Waals surface area contributed by atoms with E-state index in [2.05, 4.69) is 0 Å². The number of para-hydroxylation sites is 1. The van der Waals surface area contributed by atoms with E-state index in [9.17, 15) is 32.1 Å². The van der Waals surface area contributed by atoms with Crippen molar-refractivity contribution in [2.24, 2.45) is 0 Å². The summed E-state index contributed by atoms with van der Waals surface area (Å²) in [6, 6.07) is 6.48. The van der Waals surface area contributed by atoms with Crippen molar-refractivity contribution in [3.05, 3.63) is 57.9 Å². The van der Waals surface area contributed by atoms with Gasteiger partial charge in [-0.2, -0.15) is 13.2 Å². The van der Waals surface area contributed by atoms with Crippen LogP contribution < -0.4 is 15.8 Å². The van der Waals surface area contributed by atoms with Crippen molar-refractivity contribution in [3.8, 4) is 11.5 Å². The maximum absolute atomic E-state index is 14.5. The number of anilines is 1. The van der Waals surface area contributed by atoms with Gasteiger partial charge in [0.1, 0.15) is 22.7 Å². The zero-order valence-corrected chi connectivity index (χ0v) is 16.0. The first-order valence-electron chi connectivity index (χ1n) is 8.74. The van der Waals surface area contributed by atoms with Gasteiger partial charge in [0.05, 0.1) is 11.5 Å². The summed E-state index contributed by atoms with van der Waals surface area (Å²) in [5.74, 6) is -2.16. The first kappa shape index (κ1) is 23.3. The summed E-state index contributed by atoms with van der Waals surface area (Å²) in [5, 5.41) is 11.4. The molecule has 0 amide bonds. The van der Waals surface area contributed by atoms with E-state index in [-0.39, 0.29) is 25.5 Å². The zero-order valence-electron chi connectivity index (χ0n) is 16.0. The van der Waals surface area contributed by atoms with E-state index in [0.29, 0.717) is 0 Å². The number of nitrogens with zero attached hydrogens (tertiary/aromatic N) is 2. The molecule has 1 saturated heterocycles. The summed E-state index contributed by atoms with van der Waals surface area (Å²) in [6.07, 6.45) is -4.71. The van der Waals surface area contributed by atoms with Crippen LogP contribution in [0.4, 0.5) is 33.3 Å². The van der Waals surface area contributed by atoms with Crippen molar-refractivity contribution in [2.45, 2.75) is 31.6 Å². The quantitative estimate of drug-likeness (QED) is 0.361. The second-order valence-corrected chi connectivity index (χ2v) is 7.03. The van der Waals surface area contributed by atoms with Gasteiger partial charge in [-0.3, -0.25) is 10.1 Å². The Bertz CT molecular complexity index is 934. The number of benzene rings is 2. The fraction of sp³-hybridized carbons (Fsp3) is 0.368. The third-order valence-corrected chi connectivity index (χ3v) is 4.62. The van der Waals surface area contributed by atoms with Crippen LogP contribution in [0, 0.1) is 15.9 Å². The number of hydrogen-bond donors (Lipinski definition) is 1. The molecule has 3 N–H and O–H groups in total. The Morgan fingerprint density at radius 2 is 1.83 bits per heavy atom. The van der Waals surface area contributed by atoms with Crippen molar-refractivity contribution >= 4 is 11.4 Å². The number of nitro benzene ring substituents is 1. The molecule has 0 aromatic heterocycles. The predicted molar refractivity (Wildman–Crippen MR) is 101 cm³/mol. The van der Waals surface area contributed by atoms with Crippen LogP contribution in [0.25, 0.3) is 0 Å². The first-order chi connectivity index (χ1) is 13.5. The molecule has 0 radical (unpaired) electrons. The van der Waals surface area contributed by atoms with Crippen LogP contribution >= 0.6 is 0 Å². The standard InChI is InChI=1S/C19H17F5N2O3.H3N/c1-18(21)9-4-10-25(11-18)17-13(26(27)28)7-8-15(16(17)19(22,23)24)29-14-6-3-2-5-12(14)20;/h2-3,5-8H,4,9-11H2,1H3;1H3/t18-;/m1./s1. The molecule has 0 aliphatic carbocycles. The summed E-state index contributed by atoms with van der Waals surface area (Å²) in [4.78, 5) is 11.5. The summed E-state index contributed by atoms with van der Waals surface area (Å²) in [6.45, 7) is 0.796. The normalized spacial score (nSPS) is 19.2. The molecule has 1 atom stereocenters. The van der Waals surface area contributed by atoms with Crippen LogP contribution in [0.3, 0.4) is 0 Å². The lowest BCUT2D eigenvalue weighted by molar-refractivity contribution is -0.384. The van der Waals surface area contributed by atoms with E-state index in [1.165, 1.54) is 19.1 Å². The van der Waals surface area contributed by atoms with Gasteiger partial charge >= 0.3 is 6.18 Å². The van der Waals surface area contributed by atoms with Crippen molar-refractivity contribution in [1.29, 1.82) is 0 Å². The Balaban J connectivity index is 0.00000320. The summed E-state index contributed by atoms with van der Waals surface area (Å²) >= 11 is 0. The summed E-state index contributed by atoms with van der Waals surface area (Å²) in [5.41, 5.74) is -4.85. The Hall–Kier alpha value is -2.95. The van der Waals surface area contributed by atoms with Crippen LogP contribution in [-0.4, -0.2) is 23.7 Å². The zero-order chi connectivity index (χ0) is 21.4. The molecule has 3 rings (SSSR count). The molecule has 11 heteroatoms. The molecular formula is C19H20F5N3O3. The minimum absolute atomic E-state index is 0. The lowest BCUT2D eigenvalue weighted by Crippen LogP contribution is -2.44. The van der Waals surface area contributed by atoms with Gasteiger partial charge in [-0.25, -0.2) is 8.78 Å². The molecular weight excluding hydrogens is 413 g/mol. The van der Waals surface area contributed by atoms with E-state index in [1.807, 2.05) is 0 Å². The predicted octanol–water partition coefficient (Wildman–Crippen LogP) is 6.04. The molecule has 0 saturated carbocycles. The van der Waals surface area contributed by atoms with E-state index < -0.39 is 57.6 Å². The topological polar surface area (TPSA) is 90.6 Å². The van der Waals surface area contributed by atoms with Crippen LogP contribution in [0.1, 0.15) is 25.3 Å². The number of hydrogen-bond acceptors (Lipinski definition) is 5. The molecule has 1 fully saturated rings. The molecule has 164 valence electrons. The molecule has 2 aromatic rings. The summed E-state index contributed by atoms with van der Waals surface area (Å²) in [7, 11) is 0. The van der Waals surface area contributed by atoms with Crippen molar-refractivity contribution in [2.75, 3.05) is 18.0 Å². The second-order valence-electron chi connectivity index (χ2n) is 7.03. The largest absolute Gasteiger partial charge is 0.454 e. The van der Waals surface area contributed by atoms with E-state index in [4.69, 9.17) is 4.74 Å². The average Bonchev–Trinajstić information content (AvgIpc) is 2.61. The molecule has 1 aliphatic rings. The maximum Gasteiger partial charge on any atom is 0.422 e. The maximum atomic E-state index is 14.5. The number of ether oxygens (including phenoxy) is 1. The number of alkyl halides is 4. The number of halogens is 5. The monoisotopic (exact) mass is 433 g/mol. The van der Waals surface area contributed by atoms with Crippen molar-refractivity contribution in [1.82, 2.24) is 6.15 Å². The molecule has 0 unspecified atom stereocenters. The molecule has 0 spiro atoms. The van der Waals surface area contributed by atoms with Gasteiger partial charge in [-0.1, -0.05) is 12.1 Å². The third-order valence-electron chi connectivity index (χ3n) is 4.62. The van der Waals surface area contributed by atoms with E-state index in [1.54, 1.807) is 0 Å². The van der Waals surface area contributed by atoms with Crippen LogP contribution in [0.5, 0.6) is 11.5 Å². The number of piperidine rings is 1. The van der Waals surface area contributed by atoms with Crippen LogP contribution in [0.15, 0.2) is 36.4 Å². The average molecular weight is 433 g/mol. The van der Waals surface area contributed by atoms with Crippen LogP contribution in [0.2, 0.25) is 0 Å². The molecule has 6 nitrogen and oxygen atoms in total. The van der Waals surface area contributed by atoms with Gasteiger partial charge in [0.15, 0.2) is 11.6 Å². The molecule has 1 heterocycles. The lowest BCUT2D eigenvalue weighted by atomic mass is 9.95. The Labute approximate surface area is 169 Å². The molecule has 30 heavy (non-hydrogen) atoms. The highest BCUT2D eigenvalue weighted by molar-refractivity contribution is 5.73. The smallest absolute Gasteiger partial charge is 0.422 e. The van der Waals surface area contributed by atoms with Crippen molar-refractivity contribution < 1.29 is 31.6 Å². The number of rotatable bonds is 4. The van der Waals surface area contributed by atoms with E-state index >= 15 is 0 Å². The van der Waals surface area contributed by atoms with Crippen LogP contribution in [-0.2, 0) is 6.18 Å². The molecule has 2 aromatic carbocycles. The highest BCUT2D eigenvalue weighted by atomic mass is 19.4. The Morgan fingerprint density at radius 1 is 1.17 bits per heavy atom. The molecule has 0 bridgehead atoms. The SMILES string of the molecule is C[C@@]1(F)CCCN(c2c([N+](=O)[O-])ccc(Oc3ccccc3F)c2C(F)(F)F)C1.N. The van der Waals surface area contributed by atoms with E-state index in [0.717, 1.165) is 29.2 Å². The molecule has 1 aliphatic heterocycles. The van der Waals surface area contributed by atoms with Gasteiger partial charge < -0.3 is 15.8 Å². The van der Waals surface area contributed by atoms with Gasteiger partial charge in [0.2, 0.25) is 0 Å². The fourth-order valence-electron chi connectivity index (χ4n) is 3.42. The highest BCUT2D eigenvalue weighted by Crippen LogP contribution is 2.49. The van der Waals surface area contributed by atoms with Gasteiger partial charge in [0.25, 0.3) is 5.69 Å².